The van der Waals surface area contributed by atoms with Gasteiger partial charge < -0.3 is 19.0 Å². The Kier molecular flexibility index (Phi) is 5.87. The lowest BCUT2D eigenvalue weighted by atomic mass is 10.2. The van der Waals surface area contributed by atoms with Crippen LogP contribution in [0.5, 0.6) is 0 Å². The molecule has 28 heavy (non-hydrogen) atoms. The molecule has 0 atom stereocenters. The number of hydrogen-bond acceptors (Lipinski definition) is 6. The Morgan fingerprint density at radius 1 is 1.36 bits per heavy atom. The number of nitrogens with one attached hydrogen (secondary N) is 1. The second kappa shape index (κ2) is 8.33. The summed E-state index contributed by atoms with van der Waals surface area (Å²) in [6, 6.07) is 8.80. The van der Waals surface area contributed by atoms with Gasteiger partial charge in [0.05, 0.1) is 22.7 Å². The van der Waals surface area contributed by atoms with Crippen LogP contribution in [0.2, 0.25) is 4.34 Å². The number of carbonyl (C=O) groups excluding carboxylic acids is 2. The maximum absolute atomic E-state index is 12.3. The minimum absolute atomic E-state index is 0.309. The normalized spacial score (nSPS) is 10.5. The average molecular weight is 418 g/mol. The van der Waals surface area contributed by atoms with E-state index in [9.17, 15) is 14.9 Å². The standard InChI is InChI=1S/C19H16ClN3O4S/c1-11-12(2)23(9-13-4-3-7-26-13)18(14(11)8-21)22-17(24)10-27-19(25)15-5-6-16(20)28-15/h3-7H,9-10H2,1-2H3,(H,22,24). The van der Waals surface area contributed by atoms with Crippen molar-refractivity contribution in [3.8, 4) is 6.07 Å². The van der Waals surface area contributed by atoms with Crippen LogP contribution in [0.15, 0.2) is 34.9 Å². The fourth-order valence-corrected chi connectivity index (χ4v) is 3.62. The number of hydrogen-bond donors (Lipinski definition) is 1. The summed E-state index contributed by atoms with van der Waals surface area (Å²) in [5.41, 5.74) is 1.94. The number of ether oxygens (including phenoxy) is 1. The summed E-state index contributed by atoms with van der Waals surface area (Å²) in [6.07, 6.45) is 1.56. The zero-order valence-corrected chi connectivity index (χ0v) is 16.7. The maximum Gasteiger partial charge on any atom is 0.348 e. The first-order valence-electron chi connectivity index (χ1n) is 8.25. The monoisotopic (exact) mass is 417 g/mol. The Morgan fingerprint density at radius 2 is 2.14 bits per heavy atom. The van der Waals surface area contributed by atoms with Gasteiger partial charge in [-0.1, -0.05) is 11.6 Å². The number of furan rings is 1. The van der Waals surface area contributed by atoms with Gasteiger partial charge in [-0.3, -0.25) is 4.79 Å². The molecule has 0 fully saturated rings. The van der Waals surface area contributed by atoms with Crippen molar-refractivity contribution in [3.63, 3.8) is 0 Å². The summed E-state index contributed by atoms with van der Waals surface area (Å²) in [7, 11) is 0. The summed E-state index contributed by atoms with van der Waals surface area (Å²) < 4.78 is 12.6. The molecule has 3 rings (SSSR count). The van der Waals surface area contributed by atoms with Crippen molar-refractivity contribution in [2.24, 2.45) is 0 Å². The lowest BCUT2D eigenvalue weighted by Crippen LogP contribution is -2.23. The van der Waals surface area contributed by atoms with Crippen molar-refractivity contribution in [1.82, 2.24) is 4.57 Å². The molecule has 0 spiro atoms. The van der Waals surface area contributed by atoms with Gasteiger partial charge in [0.2, 0.25) is 0 Å². The van der Waals surface area contributed by atoms with Gasteiger partial charge >= 0.3 is 5.97 Å². The van der Waals surface area contributed by atoms with Crippen LogP contribution in [-0.4, -0.2) is 23.1 Å². The topological polar surface area (TPSA) is 97.3 Å². The zero-order chi connectivity index (χ0) is 20.3. The summed E-state index contributed by atoms with van der Waals surface area (Å²) in [5, 5.41) is 12.2. The van der Waals surface area contributed by atoms with Gasteiger partial charge in [0, 0.05) is 5.69 Å². The number of aromatic nitrogens is 1. The molecule has 3 heterocycles. The third-order valence-electron chi connectivity index (χ3n) is 4.20. The van der Waals surface area contributed by atoms with Gasteiger partial charge in [-0.05, 0) is 43.7 Å². The number of halogens is 1. The van der Waals surface area contributed by atoms with E-state index in [0.29, 0.717) is 32.9 Å². The van der Waals surface area contributed by atoms with Gasteiger partial charge in [-0.2, -0.15) is 5.26 Å². The number of nitriles is 1. The molecule has 0 aromatic carbocycles. The lowest BCUT2D eigenvalue weighted by Gasteiger charge is -2.12. The van der Waals surface area contributed by atoms with E-state index >= 15 is 0 Å². The summed E-state index contributed by atoms with van der Waals surface area (Å²) >= 11 is 6.86. The second-order valence-electron chi connectivity index (χ2n) is 5.94. The molecule has 7 nitrogen and oxygen atoms in total. The van der Waals surface area contributed by atoms with Crippen LogP contribution >= 0.6 is 22.9 Å². The van der Waals surface area contributed by atoms with Crippen molar-refractivity contribution < 1.29 is 18.7 Å². The van der Waals surface area contributed by atoms with E-state index in [-0.39, 0.29) is 0 Å². The van der Waals surface area contributed by atoms with Gasteiger partial charge in [-0.25, -0.2) is 4.79 Å². The van der Waals surface area contributed by atoms with Crippen LogP contribution in [-0.2, 0) is 16.1 Å². The molecule has 0 aliphatic rings. The molecule has 1 N–H and O–H groups in total. The predicted molar refractivity (Wildman–Crippen MR) is 105 cm³/mol. The molecule has 0 aliphatic heterocycles. The van der Waals surface area contributed by atoms with Crippen LogP contribution in [0.3, 0.4) is 0 Å². The molecular weight excluding hydrogens is 402 g/mol. The molecule has 0 unspecified atom stereocenters. The number of carbonyl (C=O) groups is 2. The number of esters is 1. The summed E-state index contributed by atoms with van der Waals surface area (Å²) in [5.74, 6) is -0.162. The third kappa shape index (κ3) is 4.11. The predicted octanol–water partition coefficient (Wildman–Crippen LogP) is 4.13. The van der Waals surface area contributed by atoms with Crippen molar-refractivity contribution in [3.05, 3.63) is 62.3 Å². The van der Waals surface area contributed by atoms with Crippen molar-refractivity contribution >= 4 is 40.6 Å². The first-order chi connectivity index (χ1) is 13.4. The van der Waals surface area contributed by atoms with E-state index in [1.54, 1.807) is 29.0 Å². The maximum atomic E-state index is 12.3. The van der Waals surface area contributed by atoms with Crippen LogP contribution in [0.4, 0.5) is 5.82 Å². The van der Waals surface area contributed by atoms with Crippen molar-refractivity contribution in [2.75, 3.05) is 11.9 Å². The highest BCUT2D eigenvalue weighted by atomic mass is 35.5. The van der Waals surface area contributed by atoms with Crippen molar-refractivity contribution in [1.29, 1.82) is 5.26 Å². The van der Waals surface area contributed by atoms with Crippen LogP contribution in [0.25, 0.3) is 0 Å². The first kappa shape index (κ1) is 19.7. The molecule has 3 aromatic rings. The molecule has 0 radical (unpaired) electrons. The minimum Gasteiger partial charge on any atom is -0.467 e. The Labute approximate surface area is 170 Å². The highest BCUT2D eigenvalue weighted by Gasteiger charge is 2.21. The highest BCUT2D eigenvalue weighted by molar-refractivity contribution is 7.17. The van der Waals surface area contributed by atoms with Crippen LogP contribution in [0.1, 0.15) is 32.3 Å². The number of amides is 1. The fraction of sp³-hybridized carbons (Fsp3) is 0.211. The third-order valence-corrected chi connectivity index (χ3v) is 5.41. The largest absolute Gasteiger partial charge is 0.467 e. The van der Waals surface area contributed by atoms with Gasteiger partial charge in [0.25, 0.3) is 5.91 Å². The molecule has 9 heteroatoms. The number of anilines is 1. The molecule has 0 saturated carbocycles. The molecule has 0 aliphatic carbocycles. The van der Waals surface area contributed by atoms with Gasteiger partial charge in [0.15, 0.2) is 6.61 Å². The molecule has 0 bridgehead atoms. The highest BCUT2D eigenvalue weighted by Crippen LogP contribution is 2.27. The minimum atomic E-state index is -0.633. The van der Waals surface area contributed by atoms with Crippen LogP contribution < -0.4 is 5.32 Å². The zero-order valence-electron chi connectivity index (χ0n) is 15.1. The molecule has 1 amide bonds. The van der Waals surface area contributed by atoms with E-state index in [1.165, 1.54) is 6.07 Å². The molecule has 0 saturated heterocycles. The number of nitrogens with zero attached hydrogens (tertiary/aromatic N) is 2. The van der Waals surface area contributed by atoms with E-state index in [4.69, 9.17) is 20.8 Å². The lowest BCUT2D eigenvalue weighted by molar-refractivity contribution is -0.119. The second-order valence-corrected chi connectivity index (χ2v) is 7.65. The Morgan fingerprint density at radius 3 is 2.75 bits per heavy atom. The summed E-state index contributed by atoms with van der Waals surface area (Å²) in [4.78, 5) is 24.6. The summed E-state index contributed by atoms with van der Waals surface area (Å²) in [6.45, 7) is 3.53. The van der Waals surface area contributed by atoms with E-state index in [0.717, 1.165) is 22.6 Å². The SMILES string of the molecule is Cc1c(C#N)c(NC(=O)COC(=O)c2ccc(Cl)s2)n(Cc2ccco2)c1C. The average Bonchev–Trinajstić information content (AvgIpc) is 3.38. The van der Waals surface area contributed by atoms with E-state index in [1.807, 2.05) is 13.8 Å². The Bertz CT molecular complexity index is 1060. The van der Waals surface area contributed by atoms with Gasteiger partial charge in [0.1, 0.15) is 22.5 Å². The Balaban J connectivity index is 1.75. The molecule has 3 aromatic heterocycles. The molecular formula is C19H16ClN3O4S. The number of thiophene rings is 1. The van der Waals surface area contributed by atoms with Gasteiger partial charge in [-0.15, -0.1) is 11.3 Å². The van der Waals surface area contributed by atoms with Crippen molar-refractivity contribution in [2.45, 2.75) is 20.4 Å². The van der Waals surface area contributed by atoms with E-state index < -0.39 is 18.5 Å². The van der Waals surface area contributed by atoms with E-state index in [2.05, 4.69) is 11.4 Å². The first-order valence-corrected chi connectivity index (χ1v) is 9.44. The molecule has 144 valence electrons. The Hall–Kier alpha value is -3.02. The quantitative estimate of drug-likeness (QED) is 0.608. The fourth-order valence-electron chi connectivity index (χ4n) is 2.68. The smallest absolute Gasteiger partial charge is 0.348 e. The van der Waals surface area contributed by atoms with Crippen LogP contribution in [0, 0.1) is 25.2 Å². The number of rotatable bonds is 6.